The molecule has 5 nitrogen and oxygen atoms in total. The van der Waals surface area contributed by atoms with E-state index in [-0.39, 0.29) is 17.9 Å². The van der Waals surface area contributed by atoms with Gasteiger partial charge in [-0.2, -0.15) is 11.8 Å². The molecule has 0 aromatic heterocycles. The summed E-state index contributed by atoms with van der Waals surface area (Å²) in [6.45, 7) is 5.59. The highest BCUT2D eigenvalue weighted by atomic mass is 32.2. The first-order valence-electron chi connectivity index (χ1n) is 6.99. The van der Waals surface area contributed by atoms with Crippen LogP contribution in [0.5, 0.6) is 0 Å². The summed E-state index contributed by atoms with van der Waals surface area (Å²) in [6, 6.07) is 0.147. The van der Waals surface area contributed by atoms with Gasteiger partial charge in [0.2, 0.25) is 11.8 Å². The van der Waals surface area contributed by atoms with E-state index in [0.29, 0.717) is 18.1 Å². The van der Waals surface area contributed by atoms with Crippen LogP contribution in [0.1, 0.15) is 20.3 Å². The third-order valence-electron chi connectivity index (χ3n) is 2.38. The van der Waals surface area contributed by atoms with Crippen molar-refractivity contribution in [2.24, 2.45) is 0 Å². The predicted molar refractivity (Wildman–Crippen MR) is 85.4 cm³/mol. The molecule has 117 valence electrons. The standard InChI is InChI=1S/C14H28N3O2S/c1-12(2)16-13(18)7-10-20-11-14(19)15-8-6-9-17(3,4)5/h7,12H,6,8-11H2,1-5H3,(H-,15,16,18,19)/p+1. The Morgan fingerprint density at radius 2 is 1.90 bits per heavy atom. The van der Waals surface area contributed by atoms with Gasteiger partial charge in [-0.05, 0) is 13.8 Å². The summed E-state index contributed by atoms with van der Waals surface area (Å²) in [5.41, 5.74) is 0. The van der Waals surface area contributed by atoms with Crippen molar-refractivity contribution in [2.45, 2.75) is 26.3 Å². The molecule has 0 saturated carbocycles. The molecular formula is C14H29N3O2S+. The van der Waals surface area contributed by atoms with Gasteiger partial charge in [-0.25, -0.2) is 0 Å². The molecule has 0 spiro atoms. The highest BCUT2D eigenvalue weighted by Gasteiger charge is 2.08. The van der Waals surface area contributed by atoms with Crippen LogP contribution < -0.4 is 10.6 Å². The highest BCUT2D eigenvalue weighted by Crippen LogP contribution is 2.01. The largest absolute Gasteiger partial charge is 0.355 e. The second-order valence-corrected chi connectivity index (χ2v) is 7.13. The topological polar surface area (TPSA) is 58.2 Å². The molecule has 2 amide bonds. The number of nitrogens with one attached hydrogen (secondary N) is 2. The van der Waals surface area contributed by atoms with E-state index in [4.69, 9.17) is 0 Å². The van der Waals surface area contributed by atoms with Crippen LogP contribution in [-0.4, -0.2) is 68.1 Å². The van der Waals surface area contributed by atoms with E-state index in [1.165, 1.54) is 11.8 Å². The lowest BCUT2D eigenvalue weighted by Crippen LogP contribution is -2.37. The van der Waals surface area contributed by atoms with Crippen molar-refractivity contribution in [3.8, 4) is 0 Å². The Balaban J connectivity index is 3.48. The molecule has 0 atom stereocenters. The quantitative estimate of drug-likeness (QED) is 0.460. The molecule has 0 aromatic rings. The normalized spacial score (nSPS) is 11.5. The van der Waals surface area contributed by atoms with E-state index < -0.39 is 0 Å². The third-order valence-corrected chi connectivity index (χ3v) is 3.25. The Hall–Kier alpha value is -0.750. The summed E-state index contributed by atoms with van der Waals surface area (Å²) in [5, 5.41) is 5.67. The number of amides is 2. The number of quaternary nitrogens is 1. The number of thioether (sulfide) groups is 1. The van der Waals surface area contributed by atoms with E-state index in [0.717, 1.165) is 17.4 Å². The number of rotatable bonds is 10. The van der Waals surface area contributed by atoms with Crippen molar-refractivity contribution >= 4 is 23.6 Å². The number of hydrogen-bond acceptors (Lipinski definition) is 3. The van der Waals surface area contributed by atoms with Gasteiger partial charge in [0.1, 0.15) is 0 Å². The Bertz CT molecular complexity index is 301. The lowest BCUT2D eigenvalue weighted by atomic mass is 10.3. The molecule has 0 bridgehead atoms. The van der Waals surface area contributed by atoms with Crippen LogP contribution in [-0.2, 0) is 9.59 Å². The molecule has 0 aliphatic carbocycles. The monoisotopic (exact) mass is 303 g/mol. The van der Waals surface area contributed by atoms with Crippen molar-refractivity contribution in [1.29, 1.82) is 0 Å². The SMILES string of the molecule is CC(C)NC(=O)[CH]CSCC(=O)NCCC[N+](C)(C)C. The average molecular weight is 303 g/mol. The van der Waals surface area contributed by atoms with E-state index in [9.17, 15) is 9.59 Å². The first-order valence-corrected chi connectivity index (χ1v) is 8.15. The summed E-state index contributed by atoms with van der Waals surface area (Å²) in [6.07, 6.45) is 2.55. The molecule has 0 unspecified atom stereocenters. The number of nitrogens with zero attached hydrogens (tertiary/aromatic N) is 1. The van der Waals surface area contributed by atoms with Crippen LogP contribution in [0.25, 0.3) is 0 Å². The van der Waals surface area contributed by atoms with Crippen LogP contribution in [0.15, 0.2) is 0 Å². The lowest BCUT2D eigenvalue weighted by molar-refractivity contribution is -0.870. The molecular weight excluding hydrogens is 274 g/mol. The summed E-state index contributed by atoms with van der Waals surface area (Å²) in [7, 11) is 6.40. The summed E-state index contributed by atoms with van der Waals surface area (Å²) >= 11 is 1.45. The molecule has 0 rings (SSSR count). The fourth-order valence-corrected chi connectivity index (χ4v) is 2.14. The zero-order valence-corrected chi connectivity index (χ0v) is 14.2. The van der Waals surface area contributed by atoms with Gasteiger partial charge in [-0.1, -0.05) is 0 Å². The van der Waals surface area contributed by atoms with E-state index in [2.05, 4.69) is 31.8 Å². The van der Waals surface area contributed by atoms with Gasteiger partial charge in [-0.3, -0.25) is 9.59 Å². The Labute approximate surface area is 127 Å². The van der Waals surface area contributed by atoms with Gasteiger partial charge < -0.3 is 15.1 Å². The fraction of sp³-hybridized carbons (Fsp3) is 0.786. The van der Waals surface area contributed by atoms with Gasteiger partial charge >= 0.3 is 0 Å². The lowest BCUT2D eigenvalue weighted by Gasteiger charge is -2.23. The van der Waals surface area contributed by atoms with Gasteiger partial charge in [0, 0.05) is 24.8 Å². The number of carbonyl (C=O) groups is 2. The highest BCUT2D eigenvalue weighted by molar-refractivity contribution is 8.00. The van der Waals surface area contributed by atoms with Crippen LogP contribution in [0.4, 0.5) is 0 Å². The van der Waals surface area contributed by atoms with E-state index in [1.807, 2.05) is 13.8 Å². The van der Waals surface area contributed by atoms with Gasteiger partial charge in [-0.15, -0.1) is 0 Å². The molecule has 1 radical (unpaired) electrons. The Morgan fingerprint density at radius 3 is 2.45 bits per heavy atom. The second-order valence-electron chi connectivity index (χ2n) is 6.10. The zero-order chi connectivity index (χ0) is 15.6. The molecule has 0 saturated heterocycles. The molecule has 0 aliphatic heterocycles. The van der Waals surface area contributed by atoms with Gasteiger partial charge in [0.15, 0.2) is 0 Å². The molecule has 0 aromatic carbocycles. The first-order chi connectivity index (χ1) is 9.20. The fourth-order valence-electron chi connectivity index (χ4n) is 1.46. The van der Waals surface area contributed by atoms with Crippen molar-refractivity contribution in [3.05, 3.63) is 6.42 Å². The predicted octanol–water partition coefficient (Wildman–Crippen LogP) is 0.661. The number of hydrogen-bond donors (Lipinski definition) is 2. The first kappa shape index (κ1) is 19.2. The maximum absolute atomic E-state index is 11.5. The Kier molecular flexibility index (Phi) is 9.67. The minimum Gasteiger partial charge on any atom is -0.355 e. The maximum atomic E-state index is 11.5. The molecule has 0 heterocycles. The van der Waals surface area contributed by atoms with Crippen molar-refractivity contribution in [1.82, 2.24) is 10.6 Å². The summed E-state index contributed by atoms with van der Waals surface area (Å²) in [5.74, 6) is 0.922. The van der Waals surface area contributed by atoms with Crippen LogP contribution >= 0.6 is 11.8 Å². The Morgan fingerprint density at radius 1 is 1.25 bits per heavy atom. The van der Waals surface area contributed by atoms with Crippen molar-refractivity contribution < 1.29 is 14.1 Å². The average Bonchev–Trinajstić information content (AvgIpc) is 2.28. The second kappa shape index (κ2) is 10.0. The van der Waals surface area contributed by atoms with Gasteiger partial charge in [0.25, 0.3) is 0 Å². The summed E-state index contributed by atoms with van der Waals surface area (Å²) < 4.78 is 0.907. The van der Waals surface area contributed by atoms with E-state index >= 15 is 0 Å². The molecule has 6 heteroatoms. The minimum atomic E-state index is -0.0733. The number of carbonyl (C=O) groups excluding carboxylic acids is 2. The maximum Gasteiger partial charge on any atom is 0.229 e. The van der Waals surface area contributed by atoms with Gasteiger partial charge in [0.05, 0.1) is 39.9 Å². The van der Waals surface area contributed by atoms with Crippen LogP contribution in [0.2, 0.25) is 0 Å². The van der Waals surface area contributed by atoms with Crippen LogP contribution in [0, 0.1) is 6.42 Å². The molecule has 0 fully saturated rings. The minimum absolute atomic E-state index is 0.0362. The van der Waals surface area contributed by atoms with Crippen LogP contribution in [0.3, 0.4) is 0 Å². The smallest absolute Gasteiger partial charge is 0.229 e. The molecule has 20 heavy (non-hydrogen) atoms. The van der Waals surface area contributed by atoms with E-state index in [1.54, 1.807) is 6.42 Å². The summed E-state index contributed by atoms with van der Waals surface area (Å²) in [4.78, 5) is 22.9. The molecule has 0 aliphatic rings. The molecule has 2 N–H and O–H groups in total. The van der Waals surface area contributed by atoms with Crippen molar-refractivity contribution in [2.75, 3.05) is 45.7 Å². The van der Waals surface area contributed by atoms with Crippen molar-refractivity contribution in [3.63, 3.8) is 0 Å². The third kappa shape index (κ3) is 13.7. The zero-order valence-electron chi connectivity index (χ0n) is 13.4.